The van der Waals surface area contributed by atoms with E-state index in [2.05, 4.69) is 39.4 Å². The van der Waals surface area contributed by atoms with E-state index in [4.69, 9.17) is 0 Å². The first-order chi connectivity index (χ1) is 12.1. The van der Waals surface area contributed by atoms with Crippen molar-refractivity contribution in [3.05, 3.63) is 52.8 Å². The van der Waals surface area contributed by atoms with Crippen LogP contribution in [0.1, 0.15) is 35.4 Å². The highest BCUT2D eigenvalue weighted by Crippen LogP contribution is 2.22. The van der Waals surface area contributed by atoms with Gasteiger partial charge in [-0.15, -0.1) is 0 Å². The monoisotopic (exact) mass is 340 g/mol. The van der Waals surface area contributed by atoms with E-state index < -0.39 is 0 Å². The van der Waals surface area contributed by atoms with Gasteiger partial charge in [0.25, 0.3) is 0 Å². The Morgan fingerprint density at radius 3 is 2.76 bits per heavy atom. The molecule has 3 rings (SSSR count). The summed E-state index contributed by atoms with van der Waals surface area (Å²) < 4.78 is 0. The minimum Gasteiger partial charge on any atom is -0.344 e. The minimum absolute atomic E-state index is 0.0109. The lowest BCUT2D eigenvalue weighted by Gasteiger charge is -2.28. The second-order valence-electron chi connectivity index (χ2n) is 7.04. The molecule has 1 fully saturated rings. The Balaban J connectivity index is 1.59. The standard InChI is InChI=1S/C20H28N4O/c1-15-18(16(2)22-21-15)11-13-23(3)20(25)19-10-7-12-24(19)14-17-8-5-4-6-9-17/h4-6,8-9,19H,7,10-14H2,1-3H3,(H,21,22). The highest BCUT2D eigenvalue weighted by Gasteiger charge is 2.32. The maximum absolute atomic E-state index is 12.9. The first kappa shape index (κ1) is 17.7. The lowest BCUT2D eigenvalue weighted by molar-refractivity contribution is -0.134. The quantitative estimate of drug-likeness (QED) is 0.880. The molecule has 134 valence electrons. The Morgan fingerprint density at radius 2 is 2.08 bits per heavy atom. The number of benzene rings is 1. The minimum atomic E-state index is 0.0109. The fraction of sp³-hybridized carbons (Fsp3) is 0.500. The zero-order valence-corrected chi connectivity index (χ0v) is 15.5. The van der Waals surface area contributed by atoms with Crippen LogP contribution >= 0.6 is 0 Å². The van der Waals surface area contributed by atoms with E-state index in [1.807, 2.05) is 31.9 Å². The zero-order chi connectivity index (χ0) is 17.8. The van der Waals surface area contributed by atoms with Crippen molar-refractivity contribution in [3.63, 3.8) is 0 Å². The molecule has 0 radical (unpaired) electrons. The van der Waals surface area contributed by atoms with Crippen LogP contribution in [0.25, 0.3) is 0 Å². The molecule has 1 aliphatic rings. The van der Waals surface area contributed by atoms with Crippen molar-refractivity contribution in [1.29, 1.82) is 0 Å². The van der Waals surface area contributed by atoms with Crippen molar-refractivity contribution >= 4 is 5.91 Å². The molecule has 0 aliphatic carbocycles. The summed E-state index contributed by atoms with van der Waals surface area (Å²) in [5.74, 6) is 0.243. The fourth-order valence-electron chi connectivity index (χ4n) is 3.70. The van der Waals surface area contributed by atoms with Gasteiger partial charge in [-0.2, -0.15) is 5.10 Å². The predicted molar refractivity (Wildman–Crippen MR) is 99.3 cm³/mol. The average molecular weight is 340 g/mol. The van der Waals surface area contributed by atoms with Gasteiger partial charge in [0.1, 0.15) is 0 Å². The molecule has 1 N–H and O–H groups in total. The molecule has 1 aromatic carbocycles. The molecule has 1 saturated heterocycles. The van der Waals surface area contributed by atoms with Gasteiger partial charge in [-0.05, 0) is 50.8 Å². The number of H-pyrrole nitrogens is 1. The molecule has 5 heteroatoms. The van der Waals surface area contributed by atoms with E-state index in [-0.39, 0.29) is 11.9 Å². The number of hydrogen-bond acceptors (Lipinski definition) is 3. The van der Waals surface area contributed by atoms with Gasteiger partial charge >= 0.3 is 0 Å². The zero-order valence-electron chi connectivity index (χ0n) is 15.5. The molecule has 1 unspecified atom stereocenters. The third-order valence-electron chi connectivity index (χ3n) is 5.23. The molecule has 1 amide bonds. The molecule has 5 nitrogen and oxygen atoms in total. The number of aromatic nitrogens is 2. The Kier molecular flexibility index (Phi) is 5.53. The molecular formula is C20H28N4O. The predicted octanol–water partition coefficient (Wildman–Crippen LogP) is 2.69. The van der Waals surface area contributed by atoms with Gasteiger partial charge in [-0.3, -0.25) is 14.8 Å². The maximum atomic E-state index is 12.9. The summed E-state index contributed by atoms with van der Waals surface area (Å²) in [5.41, 5.74) is 4.64. The summed E-state index contributed by atoms with van der Waals surface area (Å²) in [7, 11) is 1.92. The number of carbonyl (C=O) groups is 1. The van der Waals surface area contributed by atoms with Gasteiger partial charge in [-0.25, -0.2) is 0 Å². The fourth-order valence-corrected chi connectivity index (χ4v) is 3.70. The van der Waals surface area contributed by atoms with Crippen LogP contribution in [0.15, 0.2) is 30.3 Å². The van der Waals surface area contributed by atoms with E-state index in [1.54, 1.807) is 0 Å². The number of likely N-dealkylation sites (N-methyl/N-ethyl adjacent to an activating group) is 1. The van der Waals surface area contributed by atoms with Crippen LogP contribution in [-0.4, -0.2) is 52.1 Å². The molecule has 25 heavy (non-hydrogen) atoms. The van der Waals surface area contributed by atoms with Crippen molar-refractivity contribution in [2.75, 3.05) is 20.1 Å². The number of carbonyl (C=O) groups excluding carboxylic acids is 1. The number of nitrogens with zero attached hydrogens (tertiary/aromatic N) is 3. The third kappa shape index (κ3) is 4.10. The Hall–Kier alpha value is -2.14. The number of aromatic amines is 1. The number of hydrogen-bond donors (Lipinski definition) is 1. The van der Waals surface area contributed by atoms with Gasteiger partial charge in [0, 0.05) is 25.8 Å². The first-order valence-corrected chi connectivity index (χ1v) is 9.09. The molecule has 2 heterocycles. The molecule has 1 aromatic heterocycles. The average Bonchev–Trinajstić information content (AvgIpc) is 3.20. The van der Waals surface area contributed by atoms with E-state index in [1.165, 1.54) is 11.1 Å². The molecule has 2 aromatic rings. The lowest BCUT2D eigenvalue weighted by atomic mass is 10.1. The van der Waals surface area contributed by atoms with Crippen LogP contribution in [0.2, 0.25) is 0 Å². The molecule has 1 aliphatic heterocycles. The Bertz CT molecular complexity index is 690. The van der Waals surface area contributed by atoms with Gasteiger partial charge in [-0.1, -0.05) is 30.3 Å². The van der Waals surface area contributed by atoms with Crippen molar-refractivity contribution < 1.29 is 4.79 Å². The number of aryl methyl sites for hydroxylation is 2. The Morgan fingerprint density at radius 1 is 1.32 bits per heavy atom. The second kappa shape index (κ2) is 7.83. The van der Waals surface area contributed by atoms with Crippen molar-refractivity contribution in [2.24, 2.45) is 0 Å². The molecule has 1 atom stereocenters. The summed E-state index contributed by atoms with van der Waals surface area (Å²) in [6.45, 7) is 6.63. The summed E-state index contributed by atoms with van der Waals surface area (Å²) in [6.07, 6.45) is 2.90. The molecule has 0 bridgehead atoms. The summed E-state index contributed by atoms with van der Waals surface area (Å²) in [4.78, 5) is 17.1. The Labute approximate surface area is 150 Å². The van der Waals surface area contributed by atoms with E-state index in [0.717, 1.165) is 50.3 Å². The molecule has 0 spiro atoms. The van der Waals surface area contributed by atoms with Crippen LogP contribution in [0.5, 0.6) is 0 Å². The van der Waals surface area contributed by atoms with Crippen LogP contribution in [0.4, 0.5) is 0 Å². The number of rotatable bonds is 6. The third-order valence-corrected chi connectivity index (χ3v) is 5.23. The molecule has 0 saturated carbocycles. The van der Waals surface area contributed by atoms with E-state index in [0.29, 0.717) is 0 Å². The highest BCUT2D eigenvalue weighted by atomic mass is 16.2. The van der Waals surface area contributed by atoms with Crippen LogP contribution in [0, 0.1) is 13.8 Å². The lowest BCUT2D eigenvalue weighted by Crippen LogP contribution is -2.44. The highest BCUT2D eigenvalue weighted by molar-refractivity contribution is 5.82. The topological polar surface area (TPSA) is 52.2 Å². The normalized spacial score (nSPS) is 17.8. The number of nitrogens with one attached hydrogen (secondary N) is 1. The van der Waals surface area contributed by atoms with E-state index >= 15 is 0 Å². The van der Waals surface area contributed by atoms with Gasteiger partial charge < -0.3 is 4.90 Å². The molecular weight excluding hydrogens is 312 g/mol. The summed E-state index contributed by atoms with van der Waals surface area (Å²) in [5, 5.41) is 7.26. The van der Waals surface area contributed by atoms with Crippen LogP contribution in [0.3, 0.4) is 0 Å². The second-order valence-corrected chi connectivity index (χ2v) is 7.04. The van der Waals surface area contributed by atoms with Crippen LogP contribution in [-0.2, 0) is 17.8 Å². The maximum Gasteiger partial charge on any atom is 0.239 e. The smallest absolute Gasteiger partial charge is 0.239 e. The summed E-state index contributed by atoms with van der Waals surface area (Å²) >= 11 is 0. The summed E-state index contributed by atoms with van der Waals surface area (Å²) in [6, 6.07) is 10.4. The number of likely N-dealkylation sites (tertiary alicyclic amines) is 1. The number of amides is 1. The van der Waals surface area contributed by atoms with Crippen molar-refractivity contribution in [3.8, 4) is 0 Å². The van der Waals surface area contributed by atoms with Gasteiger partial charge in [0.2, 0.25) is 5.91 Å². The van der Waals surface area contributed by atoms with Crippen LogP contribution < -0.4 is 0 Å². The SMILES string of the molecule is Cc1n[nH]c(C)c1CCN(C)C(=O)C1CCCN1Cc1ccccc1. The van der Waals surface area contributed by atoms with Crippen molar-refractivity contribution in [1.82, 2.24) is 20.0 Å². The van der Waals surface area contributed by atoms with Crippen molar-refractivity contribution in [2.45, 2.75) is 45.7 Å². The first-order valence-electron chi connectivity index (χ1n) is 9.09. The largest absolute Gasteiger partial charge is 0.344 e. The van der Waals surface area contributed by atoms with Gasteiger partial charge in [0.05, 0.1) is 11.7 Å². The van der Waals surface area contributed by atoms with Gasteiger partial charge in [0.15, 0.2) is 0 Å². The van der Waals surface area contributed by atoms with E-state index in [9.17, 15) is 4.79 Å².